The van der Waals surface area contributed by atoms with Crippen molar-refractivity contribution in [3.8, 4) is 17.2 Å². The van der Waals surface area contributed by atoms with Crippen molar-refractivity contribution in [2.45, 2.75) is 19.4 Å². The summed E-state index contributed by atoms with van der Waals surface area (Å²) in [5.41, 5.74) is 6.07. The Kier molecular flexibility index (Phi) is 5.80. The van der Waals surface area contributed by atoms with E-state index in [4.69, 9.17) is 24.3 Å². The number of rotatable bonds is 6. The van der Waals surface area contributed by atoms with Crippen molar-refractivity contribution in [1.82, 2.24) is 4.98 Å². The number of benzene rings is 3. The monoisotopic (exact) mass is 453 g/mol. The number of fused-ring (bicyclic) bond motifs is 1. The molecule has 1 atom stereocenters. The van der Waals surface area contributed by atoms with Gasteiger partial charge in [0, 0.05) is 23.1 Å². The SMILES string of the molecule is COc1cc(C2CC(c3cc4ccccc4nc3C)=NN2c2ccccc2)cc(OC)c1OC. The Labute approximate surface area is 199 Å². The van der Waals surface area contributed by atoms with Gasteiger partial charge < -0.3 is 14.2 Å². The van der Waals surface area contributed by atoms with Gasteiger partial charge in [-0.3, -0.25) is 9.99 Å². The lowest BCUT2D eigenvalue weighted by Gasteiger charge is -2.25. The highest BCUT2D eigenvalue weighted by molar-refractivity contribution is 6.06. The first-order valence-electron chi connectivity index (χ1n) is 11.2. The van der Waals surface area contributed by atoms with Crippen LogP contribution in [0.4, 0.5) is 5.69 Å². The van der Waals surface area contributed by atoms with E-state index in [1.165, 1.54) is 0 Å². The second-order valence-electron chi connectivity index (χ2n) is 8.22. The molecule has 0 saturated heterocycles. The second-order valence-corrected chi connectivity index (χ2v) is 8.22. The van der Waals surface area contributed by atoms with E-state index in [-0.39, 0.29) is 6.04 Å². The van der Waals surface area contributed by atoms with Crippen molar-refractivity contribution in [3.05, 3.63) is 89.6 Å². The van der Waals surface area contributed by atoms with Crippen LogP contribution >= 0.6 is 0 Å². The largest absolute Gasteiger partial charge is 0.493 e. The summed E-state index contributed by atoms with van der Waals surface area (Å²) in [6.07, 6.45) is 0.717. The summed E-state index contributed by atoms with van der Waals surface area (Å²) in [6.45, 7) is 2.05. The fraction of sp³-hybridized carbons (Fsp3) is 0.214. The molecule has 0 N–H and O–H groups in total. The minimum absolute atomic E-state index is 0.0445. The highest BCUT2D eigenvalue weighted by Gasteiger charge is 2.32. The van der Waals surface area contributed by atoms with Crippen LogP contribution in [-0.4, -0.2) is 32.0 Å². The summed E-state index contributed by atoms with van der Waals surface area (Å²) in [6, 6.07) is 24.5. The summed E-state index contributed by atoms with van der Waals surface area (Å²) in [7, 11) is 4.88. The fourth-order valence-electron chi connectivity index (χ4n) is 4.55. The van der Waals surface area contributed by atoms with Gasteiger partial charge in [0.2, 0.25) is 5.75 Å². The molecule has 2 heterocycles. The third-order valence-corrected chi connectivity index (χ3v) is 6.23. The highest BCUT2D eigenvalue weighted by Crippen LogP contribution is 2.44. The first kappa shape index (κ1) is 21.8. The Morgan fingerprint density at radius 3 is 2.18 bits per heavy atom. The highest BCUT2D eigenvalue weighted by atomic mass is 16.5. The van der Waals surface area contributed by atoms with Crippen molar-refractivity contribution < 1.29 is 14.2 Å². The minimum atomic E-state index is -0.0445. The van der Waals surface area contributed by atoms with Gasteiger partial charge in [-0.25, -0.2) is 0 Å². The third kappa shape index (κ3) is 3.81. The number of aromatic nitrogens is 1. The van der Waals surface area contributed by atoms with Gasteiger partial charge in [0.25, 0.3) is 0 Å². The van der Waals surface area contributed by atoms with Gasteiger partial charge >= 0.3 is 0 Å². The number of hydrogen-bond donors (Lipinski definition) is 0. The predicted octanol–water partition coefficient (Wildman–Crippen LogP) is 5.92. The van der Waals surface area contributed by atoms with Crippen LogP contribution in [0.5, 0.6) is 17.2 Å². The molecular weight excluding hydrogens is 426 g/mol. The van der Waals surface area contributed by atoms with Crippen molar-refractivity contribution in [3.63, 3.8) is 0 Å². The van der Waals surface area contributed by atoms with E-state index in [0.29, 0.717) is 23.7 Å². The van der Waals surface area contributed by atoms with Crippen molar-refractivity contribution in [2.24, 2.45) is 5.10 Å². The molecule has 172 valence electrons. The van der Waals surface area contributed by atoms with Gasteiger partial charge in [0.1, 0.15) is 0 Å². The topological polar surface area (TPSA) is 56.2 Å². The fourth-order valence-corrected chi connectivity index (χ4v) is 4.55. The summed E-state index contributed by atoms with van der Waals surface area (Å²) in [5.74, 6) is 1.83. The van der Waals surface area contributed by atoms with Crippen LogP contribution in [0.3, 0.4) is 0 Å². The molecule has 0 bridgehead atoms. The number of nitrogens with zero attached hydrogens (tertiary/aromatic N) is 3. The van der Waals surface area contributed by atoms with E-state index >= 15 is 0 Å². The zero-order valence-electron chi connectivity index (χ0n) is 19.8. The molecule has 0 saturated carbocycles. The normalized spacial score (nSPS) is 15.4. The molecule has 1 aliphatic rings. The molecule has 0 amide bonds. The van der Waals surface area contributed by atoms with E-state index in [9.17, 15) is 0 Å². The van der Waals surface area contributed by atoms with Gasteiger partial charge in [0.15, 0.2) is 11.5 Å². The summed E-state index contributed by atoms with van der Waals surface area (Å²) in [4.78, 5) is 4.84. The Morgan fingerprint density at radius 1 is 0.824 bits per heavy atom. The Hall–Kier alpha value is -4.06. The number of methoxy groups -OCH3 is 3. The average molecular weight is 454 g/mol. The maximum atomic E-state index is 5.63. The molecule has 4 aromatic rings. The van der Waals surface area contributed by atoms with E-state index in [2.05, 4.69) is 29.3 Å². The Bertz CT molecular complexity index is 1340. The quantitative estimate of drug-likeness (QED) is 0.362. The summed E-state index contributed by atoms with van der Waals surface area (Å²) in [5, 5.41) is 8.28. The van der Waals surface area contributed by atoms with E-state index in [0.717, 1.165) is 39.1 Å². The van der Waals surface area contributed by atoms with Crippen LogP contribution in [0.1, 0.15) is 29.3 Å². The Balaban J connectivity index is 1.63. The van der Waals surface area contributed by atoms with Crippen molar-refractivity contribution in [2.75, 3.05) is 26.3 Å². The molecule has 34 heavy (non-hydrogen) atoms. The smallest absolute Gasteiger partial charge is 0.203 e. The lowest BCUT2D eigenvalue weighted by Crippen LogP contribution is -2.18. The van der Waals surface area contributed by atoms with E-state index in [1.807, 2.05) is 55.5 Å². The third-order valence-electron chi connectivity index (χ3n) is 6.23. The molecule has 0 spiro atoms. The van der Waals surface area contributed by atoms with Gasteiger partial charge in [-0.2, -0.15) is 5.10 Å². The number of hydrogen-bond acceptors (Lipinski definition) is 6. The maximum absolute atomic E-state index is 5.63. The molecule has 1 aromatic heterocycles. The molecule has 6 heteroatoms. The van der Waals surface area contributed by atoms with Crippen LogP contribution in [0.25, 0.3) is 10.9 Å². The van der Waals surface area contributed by atoms with Crippen molar-refractivity contribution in [1.29, 1.82) is 0 Å². The van der Waals surface area contributed by atoms with Crippen LogP contribution in [0, 0.1) is 6.92 Å². The molecule has 1 unspecified atom stereocenters. The van der Waals surface area contributed by atoms with Gasteiger partial charge in [0.05, 0.1) is 44.3 Å². The summed E-state index contributed by atoms with van der Waals surface area (Å²) < 4.78 is 16.8. The number of hydrazone groups is 1. The molecule has 6 nitrogen and oxygen atoms in total. The van der Waals surface area contributed by atoms with Crippen LogP contribution in [0.15, 0.2) is 77.9 Å². The van der Waals surface area contributed by atoms with Crippen LogP contribution in [0.2, 0.25) is 0 Å². The lowest BCUT2D eigenvalue weighted by atomic mass is 9.96. The maximum Gasteiger partial charge on any atom is 0.203 e. The number of para-hydroxylation sites is 2. The number of pyridine rings is 1. The van der Waals surface area contributed by atoms with Crippen LogP contribution in [-0.2, 0) is 0 Å². The molecule has 0 aliphatic carbocycles. The average Bonchev–Trinajstić information content (AvgIpc) is 3.33. The van der Waals surface area contributed by atoms with Crippen molar-refractivity contribution >= 4 is 22.3 Å². The van der Waals surface area contributed by atoms with Gasteiger partial charge in [-0.1, -0.05) is 36.4 Å². The standard InChI is InChI=1S/C28H27N3O3/c1-18-22(14-19-10-8-9-13-23(19)29-18)24-17-25(31(30-24)21-11-6-5-7-12-21)20-15-26(32-2)28(34-4)27(16-20)33-3/h5-16,25H,17H2,1-4H3. The van der Waals surface area contributed by atoms with Gasteiger partial charge in [-0.15, -0.1) is 0 Å². The minimum Gasteiger partial charge on any atom is -0.493 e. The first-order valence-corrected chi connectivity index (χ1v) is 11.2. The molecular formula is C28H27N3O3. The summed E-state index contributed by atoms with van der Waals surface area (Å²) >= 11 is 0. The molecule has 0 radical (unpaired) electrons. The number of ether oxygens (including phenoxy) is 3. The van der Waals surface area contributed by atoms with Gasteiger partial charge in [-0.05, 0) is 48.9 Å². The zero-order valence-corrected chi connectivity index (χ0v) is 19.8. The molecule has 0 fully saturated rings. The van der Waals surface area contributed by atoms with Crippen LogP contribution < -0.4 is 19.2 Å². The molecule has 1 aliphatic heterocycles. The lowest BCUT2D eigenvalue weighted by molar-refractivity contribution is 0.323. The van der Waals surface area contributed by atoms with E-state index < -0.39 is 0 Å². The zero-order chi connectivity index (χ0) is 23.7. The molecule has 3 aromatic carbocycles. The first-order chi connectivity index (χ1) is 16.6. The molecule has 5 rings (SSSR count). The Morgan fingerprint density at radius 2 is 1.50 bits per heavy atom. The number of aryl methyl sites for hydroxylation is 1. The van der Waals surface area contributed by atoms with E-state index in [1.54, 1.807) is 21.3 Å². The number of anilines is 1. The predicted molar refractivity (Wildman–Crippen MR) is 135 cm³/mol. The second kappa shape index (κ2) is 9.06.